The van der Waals surface area contributed by atoms with Crippen LogP contribution in [-0.4, -0.2) is 32.0 Å². The van der Waals surface area contributed by atoms with Crippen LogP contribution < -0.4 is 0 Å². The summed E-state index contributed by atoms with van der Waals surface area (Å²) in [5.41, 5.74) is 0. The summed E-state index contributed by atoms with van der Waals surface area (Å²) in [5, 5.41) is 0. The first-order valence-electron chi connectivity index (χ1n) is 7.88. The summed E-state index contributed by atoms with van der Waals surface area (Å²) in [5.74, 6) is 0.743. The van der Waals surface area contributed by atoms with Crippen molar-refractivity contribution in [1.29, 1.82) is 0 Å². The summed E-state index contributed by atoms with van der Waals surface area (Å²) in [4.78, 5) is 10.4. The Morgan fingerprint density at radius 1 is 1.00 bits per heavy atom. The predicted octanol–water partition coefficient (Wildman–Crippen LogP) is 4.99. The van der Waals surface area contributed by atoms with Gasteiger partial charge >= 0.3 is 12.1 Å². The largest absolute Gasteiger partial charge is 0.456 e. The fourth-order valence-electron chi connectivity index (χ4n) is 1.18. The number of carbonyl (C=O) groups excluding carboxylic acids is 1. The standard InChI is InChI=1S/C10H22O.C6H9F3O2/c1-9(2)5-7-11-8-6-10(3)4;1-2-3-5(10)11-4-6(7,8)9/h9-10H,5-8H2,1-4H3;2-4H2,1H3. The molecule has 0 rings (SSSR count). The van der Waals surface area contributed by atoms with E-state index in [-0.39, 0.29) is 6.42 Å². The van der Waals surface area contributed by atoms with Crippen molar-refractivity contribution in [3.05, 3.63) is 0 Å². The Balaban J connectivity index is 0. The molecular formula is C16H31F3O3. The SMILES string of the molecule is CC(C)CCOCCC(C)C.CCCC(=O)OCC(F)(F)F. The lowest BCUT2D eigenvalue weighted by molar-refractivity contribution is -0.186. The van der Waals surface area contributed by atoms with Crippen LogP contribution in [0.5, 0.6) is 0 Å². The van der Waals surface area contributed by atoms with E-state index in [1.54, 1.807) is 6.92 Å². The Morgan fingerprint density at radius 2 is 1.45 bits per heavy atom. The quantitative estimate of drug-likeness (QED) is 0.442. The average molecular weight is 328 g/mol. The van der Waals surface area contributed by atoms with Gasteiger partial charge in [-0.25, -0.2) is 0 Å². The van der Waals surface area contributed by atoms with E-state index in [9.17, 15) is 18.0 Å². The lowest BCUT2D eigenvalue weighted by Gasteiger charge is -2.07. The summed E-state index contributed by atoms with van der Waals surface area (Å²) >= 11 is 0. The molecule has 0 unspecified atom stereocenters. The summed E-state index contributed by atoms with van der Waals surface area (Å²) in [6.45, 7) is 11.0. The summed E-state index contributed by atoms with van der Waals surface area (Å²) in [6, 6.07) is 0. The third kappa shape index (κ3) is 24.3. The highest BCUT2D eigenvalue weighted by Crippen LogP contribution is 2.14. The molecule has 0 N–H and O–H groups in total. The number of ether oxygens (including phenoxy) is 2. The molecule has 0 atom stereocenters. The summed E-state index contributed by atoms with van der Waals surface area (Å²) in [6.07, 6.45) is -1.49. The maximum absolute atomic E-state index is 11.4. The average Bonchev–Trinajstić information content (AvgIpc) is 2.35. The minimum atomic E-state index is -4.41. The Bertz CT molecular complexity index is 254. The van der Waals surface area contributed by atoms with Crippen molar-refractivity contribution in [1.82, 2.24) is 0 Å². The molecule has 22 heavy (non-hydrogen) atoms. The molecule has 0 aliphatic heterocycles. The van der Waals surface area contributed by atoms with Crippen LogP contribution in [0.1, 0.15) is 60.3 Å². The molecule has 6 heteroatoms. The minimum Gasteiger partial charge on any atom is -0.456 e. The molecule has 0 amide bonds. The predicted molar refractivity (Wildman–Crippen MR) is 81.7 cm³/mol. The van der Waals surface area contributed by atoms with E-state index >= 15 is 0 Å². The number of halogens is 3. The molecular weight excluding hydrogens is 297 g/mol. The van der Waals surface area contributed by atoms with E-state index in [4.69, 9.17) is 4.74 Å². The zero-order chi connectivity index (χ0) is 17.6. The first-order valence-corrected chi connectivity index (χ1v) is 7.88. The molecule has 0 bridgehead atoms. The summed E-state index contributed by atoms with van der Waals surface area (Å²) in [7, 11) is 0. The van der Waals surface area contributed by atoms with E-state index in [0.29, 0.717) is 6.42 Å². The van der Waals surface area contributed by atoms with Crippen molar-refractivity contribution < 1.29 is 27.4 Å². The number of esters is 1. The molecule has 134 valence electrons. The molecule has 0 spiro atoms. The van der Waals surface area contributed by atoms with Gasteiger partial charge in [0.1, 0.15) is 0 Å². The lowest BCUT2D eigenvalue weighted by Crippen LogP contribution is -2.19. The van der Waals surface area contributed by atoms with E-state index in [0.717, 1.165) is 25.0 Å². The summed E-state index contributed by atoms with van der Waals surface area (Å²) < 4.78 is 43.5. The van der Waals surface area contributed by atoms with Crippen molar-refractivity contribution in [3.63, 3.8) is 0 Å². The maximum atomic E-state index is 11.4. The van der Waals surface area contributed by atoms with Crippen LogP contribution >= 0.6 is 0 Å². The zero-order valence-electron chi connectivity index (χ0n) is 14.5. The normalized spacial score (nSPS) is 11.4. The zero-order valence-corrected chi connectivity index (χ0v) is 14.5. The van der Waals surface area contributed by atoms with Gasteiger partial charge in [-0.15, -0.1) is 0 Å². The van der Waals surface area contributed by atoms with Crippen LogP contribution in [0.2, 0.25) is 0 Å². The van der Waals surface area contributed by atoms with Gasteiger partial charge in [-0.3, -0.25) is 4.79 Å². The highest BCUT2D eigenvalue weighted by Gasteiger charge is 2.29. The first kappa shape index (κ1) is 23.5. The van der Waals surface area contributed by atoms with Crippen molar-refractivity contribution in [2.45, 2.75) is 66.5 Å². The smallest absolute Gasteiger partial charge is 0.422 e. The molecule has 0 saturated heterocycles. The fourth-order valence-corrected chi connectivity index (χ4v) is 1.18. The van der Waals surface area contributed by atoms with Crippen molar-refractivity contribution in [3.8, 4) is 0 Å². The van der Waals surface area contributed by atoms with Gasteiger partial charge in [0.15, 0.2) is 6.61 Å². The van der Waals surface area contributed by atoms with Crippen LogP contribution in [-0.2, 0) is 14.3 Å². The Labute approximate surface area is 132 Å². The molecule has 0 aromatic heterocycles. The number of rotatable bonds is 9. The van der Waals surface area contributed by atoms with Crippen molar-refractivity contribution in [2.24, 2.45) is 11.8 Å². The molecule has 0 saturated carbocycles. The lowest BCUT2D eigenvalue weighted by atomic mass is 10.1. The van der Waals surface area contributed by atoms with E-state index < -0.39 is 18.8 Å². The fraction of sp³-hybridized carbons (Fsp3) is 0.938. The van der Waals surface area contributed by atoms with Gasteiger partial charge in [0.2, 0.25) is 0 Å². The first-order chi connectivity index (χ1) is 10.1. The number of carbonyl (C=O) groups is 1. The topological polar surface area (TPSA) is 35.5 Å². The third-order valence-corrected chi connectivity index (χ3v) is 2.53. The van der Waals surface area contributed by atoms with Gasteiger partial charge in [0.05, 0.1) is 0 Å². The van der Waals surface area contributed by atoms with Crippen LogP contribution in [0, 0.1) is 11.8 Å². The van der Waals surface area contributed by atoms with Gasteiger partial charge in [-0.2, -0.15) is 13.2 Å². The van der Waals surface area contributed by atoms with E-state index in [1.807, 2.05) is 0 Å². The van der Waals surface area contributed by atoms with Crippen LogP contribution in [0.3, 0.4) is 0 Å². The highest BCUT2D eigenvalue weighted by atomic mass is 19.4. The van der Waals surface area contributed by atoms with Crippen molar-refractivity contribution >= 4 is 5.97 Å². The molecule has 0 heterocycles. The number of hydrogen-bond donors (Lipinski definition) is 0. The number of alkyl halides is 3. The highest BCUT2D eigenvalue weighted by molar-refractivity contribution is 5.69. The monoisotopic (exact) mass is 328 g/mol. The minimum absolute atomic E-state index is 0.0378. The van der Waals surface area contributed by atoms with Crippen LogP contribution in [0.25, 0.3) is 0 Å². The van der Waals surface area contributed by atoms with Crippen LogP contribution in [0.15, 0.2) is 0 Å². The van der Waals surface area contributed by atoms with E-state index in [1.165, 1.54) is 12.8 Å². The second-order valence-electron chi connectivity index (χ2n) is 6.00. The third-order valence-electron chi connectivity index (χ3n) is 2.53. The van der Waals surface area contributed by atoms with Crippen LogP contribution in [0.4, 0.5) is 13.2 Å². The molecule has 0 fully saturated rings. The van der Waals surface area contributed by atoms with Gasteiger partial charge < -0.3 is 9.47 Å². The molecule has 0 radical (unpaired) electrons. The molecule has 0 aromatic rings. The molecule has 3 nitrogen and oxygen atoms in total. The second kappa shape index (κ2) is 13.9. The second-order valence-corrected chi connectivity index (χ2v) is 6.00. The van der Waals surface area contributed by atoms with Gasteiger partial charge in [-0.05, 0) is 31.1 Å². The maximum Gasteiger partial charge on any atom is 0.422 e. The Kier molecular flexibility index (Phi) is 14.8. The van der Waals surface area contributed by atoms with Gasteiger partial charge in [-0.1, -0.05) is 34.6 Å². The van der Waals surface area contributed by atoms with E-state index in [2.05, 4.69) is 32.4 Å². The molecule has 0 aliphatic rings. The van der Waals surface area contributed by atoms with Gasteiger partial charge in [0, 0.05) is 19.6 Å². The Morgan fingerprint density at radius 3 is 1.77 bits per heavy atom. The molecule has 0 aromatic carbocycles. The Hall–Kier alpha value is -0.780. The van der Waals surface area contributed by atoms with Crippen molar-refractivity contribution in [2.75, 3.05) is 19.8 Å². The number of hydrogen-bond acceptors (Lipinski definition) is 3. The van der Waals surface area contributed by atoms with Gasteiger partial charge in [0.25, 0.3) is 0 Å². The molecule has 0 aliphatic carbocycles.